The summed E-state index contributed by atoms with van der Waals surface area (Å²) >= 11 is 1.23. The molecule has 1 heterocycles. The van der Waals surface area contributed by atoms with Crippen LogP contribution in [0.25, 0.3) is 0 Å². The summed E-state index contributed by atoms with van der Waals surface area (Å²) in [7, 11) is 0. The summed E-state index contributed by atoms with van der Waals surface area (Å²) in [4.78, 5) is 19.7. The van der Waals surface area contributed by atoms with Gasteiger partial charge in [-0.05, 0) is 12.8 Å². The summed E-state index contributed by atoms with van der Waals surface area (Å²) < 4.78 is 0. The topological polar surface area (TPSA) is 107 Å². The van der Waals surface area contributed by atoms with Gasteiger partial charge in [0.05, 0.1) is 5.75 Å². The Bertz CT molecular complexity index is 388. The lowest BCUT2D eigenvalue weighted by atomic mass is 10.2. The molecule has 0 aliphatic heterocycles. The van der Waals surface area contributed by atoms with Gasteiger partial charge in [-0.3, -0.25) is 4.79 Å². The van der Waals surface area contributed by atoms with Crippen molar-refractivity contribution in [2.75, 3.05) is 17.2 Å². The summed E-state index contributed by atoms with van der Waals surface area (Å²) in [6, 6.07) is 1.71. The molecule has 1 aromatic heterocycles. The molecular formula is C11H19N5OS. The second-order valence-electron chi connectivity index (χ2n) is 3.87. The van der Waals surface area contributed by atoms with Gasteiger partial charge in [0.1, 0.15) is 11.6 Å². The molecule has 5 N–H and O–H groups in total. The highest BCUT2D eigenvalue weighted by molar-refractivity contribution is 7.99. The number of carbonyl (C=O) groups is 1. The van der Waals surface area contributed by atoms with Gasteiger partial charge < -0.3 is 16.8 Å². The standard InChI is InChI=1S/C11H19N5OS/c1-3-7(4-2)14-10(17)6-18-11-15-8(12)5-9(13)16-11/h5,7H,3-4,6H2,1-2H3,(H,14,17)(H4,12,13,15,16). The molecule has 0 aliphatic rings. The molecule has 0 aliphatic carbocycles. The van der Waals surface area contributed by atoms with E-state index in [-0.39, 0.29) is 17.7 Å². The SMILES string of the molecule is CCC(CC)NC(=O)CSc1nc(N)cc(N)n1. The third-order valence-corrected chi connectivity index (χ3v) is 3.28. The highest BCUT2D eigenvalue weighted by Gasteiger charge is 2.10. The molecule has 1 rings (SSSR count). The number of nitrogens with one attached hydrogen (secondary N) is 1. The Morgan fingerprint density at radius 1 is 1.33 bits per heavy atom. The number of amides is 1. The molecule has 0 bridgehead atoms. The van der Waals surface area contributed by atoms with Crippen molar-refractivity contribution in [2.45, 2.75) is 37.9 Å². The van der Waals surface area contributed by atoms with E-state index in [1.165, 1.54) is 17.8 Å². The number of nitrogens with zero attached hydrogens (tertiary/aromatic N) is 2. The fourth-order valence-corrected chi connectivity index (χ4v) is 2.10. The van der Waals surface area contributed by atoms with Gasteiger partial charge in [0.15, 0.2) is 5.16 Å². The number of nitrogen functional groups attached to an aromatic ring is 2. The van der Waals surface area contributed by atoms with Crippen LogP contribution in [0.4, 0.5) is 11.6 Å². The molecule has 18 heavy (non-hydrogen) atoms. The van der Waals surface area contributed by atoms with Crippen molar-refractivity contribution in [3.8, 4) is 0 Å². The minimum atomic E-state index is -0.0294. The third-order valence-electron chi connectivity index (χ3n) is 2.43. The van der Waals surface area contributed by atoms with E-state index in [9.17, 15) is 4.79 Å². The number of thioether (sulfide) groups is 1. The lowest BCUT2D eigenvalue weighted by molar-refractivity contribution is -0.119. The van der Waals surface area contributed by atoms with Crippen molar-refractivity contribution >= 4 is 29.3 Å². The fourth-order valence-electron chi connectivity index (χ4n) is 1.42. The van der Waals surface area contributed by atoms with Crippen LogP contribution in [0.1, 0.15) is 26.7 Å². The van der Waals surface area contributed by atoms with Crippen LogP contribution in [0.5, 0.6) is 0 Å². The summed E-state index contributed by atoms with van der Waals surface area (Å²) in [6.45, 7) is 4.09. The first kappa shape index (κ1) is 14.6. The molecule has 7 heteroatoms. The van der Waals surface area contributed by atoms with Crippen LogP contribution >= 0.6 is 11.8 Å². The van der Waals surface area contributed by atoms with Gasteiger partial charge in [-0.2, -0.15) is 0 Å². The predicted molar refractivity (Wildman–Crippen MR) is 74.1 cm³/mol. The minimum absolute atomic E-state index is 0.0294. The molecule has 0 spiro atoms. The van der Waals surface area contributed by atoms with Gasteiger partial charge in [0.25, 0.3) is 0 Å². The lowest BCUT2D eigenvalue weighted by Gasteiger charge is -2.14. The molecule has 0 atom stereocenters. The highest BCUT2D eigenvalue weighted by atomic mass is 32.2. The second kappa shape index (κ2) is 7.05. The smallest absolute Gasteiger partial charge is 0.230 e. The Labute approximate surface area is 111 Å². The number of hydrogen-bond acceptors (Lipinski definition) is 6. The Hall–Kier alpha value is -1.50. The largest absolute Gasteiger partial charge is 0.383 e. The fraction of sp³-hybridized carbons (Fsp3) is 0.545. The molecule has 0 saturated heterocycles. The monoisotopic (exact) mass is 269 g/mol. The maximum absolute atomic E-state index is 11.7. The summed E-state index contributed by atoms with van der Waals surface area (Å²) in [5.41, 5.74) is 11.1. The highest BCUT2D eigenvalue weighted by Crippen LogP contribution is 2.15. The van der Waals surface area contributed by atoms with E-state index < -0.39 is 0 Å². The number of rotatable bonds is 6. The average molecular weight is 269 g/mol. The number of aromatic nitrogens is 2. The number of anilines is 2. The number of hydrogen-bond donors (Lipinski definition) is 3. The van der Waals surface area contributed by atoms with E-state index in [2.05, 4.69) is 15.3 Å². The van der Waals surface area contributed by atoms with E-state index in [1.807, 2.05) is 13.8 Å². The van der Waals surface area contributed by atoms with Crippen molar-refractivity contribution in [1.82, 2.24) is 15.3 Å². The molecule has 0 radical (unpaired) electrons. The zero-order valence-corrected chi connectivity index (χ0v) is 11.5. The molecule has 6 nitrogen and oxygen atoms in total. The molecule has 0 saturated carbocycles. The maximum atomic E-state index is 11.7. The van der Waals surface area contributed by atoms with Crippen LogP contribution in [0.15, 0.2) is 11.2 Å². The molecular weight excluding hydrogens is 250 g/mol. The first-order valence-corrected chi connectivity index (χ1v) is 6.85. The quantitative estimate of drug-likeness (QED) is 0.526. The Kier molecular flexibility index (Phi) is 5.70. The van der Waals surface area contributed by atoms with Crippen molar-refractivity contribution in [1.29, 1.82) is 0 Å². The van der Waals surface area contributed by atoms with Gasteiger partial charge in [0.2, 0.25) is 5.91 Å². The van der Waals surface area contributed by atoms with Crippen molar-refractivity contribution in [2.24, 2.45) is 0 Å². The molecule has 0 fully saturated rings. The van der Waals surface area contributed by atoms with Gasteiger partial charge in [0, 0.05) is 12.1 Å². The minimum Gasteiger partial charge on any atom is -0.383 e. The number of carbonyl (C=O) groups excluding carboxylic acids is 1. The van der Waals surface area contributed by atoms with Gasteiger partial charge >= 0.3 is 0 Å². The van der Waals surface area contributed by atoms with E-state index in [0.29, 0.717) is 16.8 Å². The van der Waals surface area contributed by atoms with Crippen LogP contribution in [-0.4, -0.2) is 27.7 Å². The van der Waals surface area contributed by atoms with Crippen molar-refractivity contribution < 1.29 is 4.79 Å². The first-order chi connectivity index (χ1) is 8.55. The average Bonchev–Trinajstić information content (AvgIpc) is 2.32. The van der Waals surface area contributed by atoms with Gasteiger partial charge in [-0.15, -0.1) is 0 Å². The Balaban J connectivity index is 2.47. The predicted octanol–water partition coefficient (Wildman–Crippen LogP) is 1.04. The van der Waals surface area contributed by atoms with Crippen LogP contribution in [0.3, 0.4) is 0 Å². The van der Waals surface area contributed by atoms with Gasteiger partial charge in [-0.25, -0.2) is 9.97 Å². The van der Waals surface area contributed by atoms with E-state index in [1.54, 1.807) is 0 Å². The first-order valence-electron chi connectivity index (χ1n) is 5.87. The van der Waals surface area contributed by atoms with Crippen LogP contribution in [-0.2, 0) is 4.79 Å². The van der Waals surface area contributed by atoms with Crippen LogP contribution < -0.4 is 16.8 Å². The summed E-state index contributed by atoms with van der Waals surface area (Å²) in [6.07, 6.45) is 1.85. The molecule has 0 aromatic carbocycles. The van der Waals surface area contributed by atoms with Crippen molar-refractivity contribution in [3.63, 3.8) is 0 Å². The normalized spacial score (nSPS) is 10.6. The summed E-state index contributed by atoms with van der Waals surface area (Å²) in [5, 5.41) is 3.36. The van der Waals surface area contributed by atoms with Crippen LogP contribution in [0, 0.1) is 0 Å². The number of nitrogens with two attached hydrogens (primary N) is 2. The molecule has 100 valence electrons. The van der Waals surface area contributed by atoms with Gasteiger partial charge in [-0.1, -0.05) is 25.6 Å². The lowest BCUT2D eigenvalue weighted by Crippen LogP contribution is -2.35. The molecule has 0 unspecified atom stereocenters. The molecule has 1 amide bonds. The van der Waals surface area contributed by atoms with Crippen molar-refractivity contribution in [3.05, 3.63) is 6.07 Å². The Morgan fingerprint density at radius 3 is 2.39 bits per heavy atom. The maximum Gasteiger partial charge on any atom is 0.230 e. The van der Waals surface area contributed by atoms with E-state index >= 15 is 0 Å². The van der Waals surface area contributed by atoms with E-state index in [0.717, 1.165) is 12.8 Å². The zero-order chi connectivity index (χ0) is 13.5. The van der Waals surface area contributed by atoms with E-state index in [4.69, 9.17) is 11.5 Å². The zero-order valence-electron chi connectivity index (χ0n) is 10.6. The second-order valence-corrected chi connectivity index (χ2v) is 4.81. The Morgan fingerprint density at radius 2 is 1.89 bits per heavy atom. The molecule has 1 aromatic rings. The third kappa shape index (κ3) is 4.79. The van der Waals surface area contributed by atoms with Crippen LogP contribution in [0.2, 0.25) is 0 Å². The summed E-state index contributed by atoms with van der Waals surface area (Å²) in [5.74, 6) is 0.855.